The van der Waals surface area contributed by atoms with Crippen molar-refractivity contribution in [3.8, 4) is 0 Å². The van der Waals surface area contributed by atoms with E-state index in [4.69, 9.17) is 0 Å². The molecule has 1 fully saturated rings. The molecule has 5 heteroatoms. The van der Waals surface area contributed by atoms with Crippen LogP contribution in [-0.4, -0.2) is 53.1 Å². The highest BCUT2D eigenvalue weighted by Crippen LogP contribution is 2.24. The lowest BCUT2D eigenvalue weighted by Crippen LogP contribution is -2.43. The van der Waals surface area contributed by atoms with Crippen LogP contribution >= 0.6 is 0 Å². The standard InChI is InChI=1S/C27H36N4O/c1-6-23-12-10-20(3)16-24(23)17-21(4)26(7-2)31-22(5)11-13-27(29-31)28-18-25(32)19-30-14-8-9-15-30/h6-7,10-13,16-17,25,32H,1,5,8-9,14-15,18-19H2,2-4H3,(H,28,29)/b21-17+,26-7-. The fourth-order valence-electron chi connectivity index (χ4n) is 4.15. The van der Waals surface area contributed by atoms with Gasteiger partial charge in [-0.15, -0.1) is 0 Å². The van der Waals surface area contributed by atoms with Crippen molar-refractivity contribution in [1.29, 1.82) is 0 Å². The first kappa shape index (κ1) is 23.8. The fourth-order valence-corrected chi connectivity index (χ4v) is 4.15. The number of benzene rings is 1. The summed E-state index contributed by atoms with van der Waals surface area (Å²) in [7, 11) is 0. The van der Waals surface area contributed by atoms with Gasteiger partial charge in [0.2, 0.25) is 0 Å². The second kappa shape index (κ2) is 11.1. The molecule has 0 bridgehead atoms. The zero-order valence-electron chi connectivity index (χ0n) is 19.6. The topological polar surface area (TPSA) is 51.1 Å². The van der Waals surface area contributed by atoms with Crippen molar-refractivity contribution < 1.29 is 5.11 Å². The maximum atomic E-state index is 10.4. The van der Waals surface area contributed by atoms with Gasteiger partial charge >= 0.3 is 0 Å². The summed E-state index contributed by atoms with van der Waals surface area (Å²) in [5.74, 6) is 0.715. The third kappa shape index (κ3) is 6.09. The Hall–Kier alpha value is -2.89. The van der Waals surface area contributed by atoms with E-state index in [2.05, 4.69) is 72.7 Å². The number of hydrogen-bond acceptors (Lipinski definition) is 4. The lowest BCUT2D eigenvalue weighted by atomic mass is 10.0. The second-order valence-electron chi connectivity index (χ2n) is 8.50. The Morgan fingerprint density at radius 1 is 1.25 bits per heavy atom. The monoisotopic (exact) mass is 432 g/mol. The predicted molar refractivity (Wildman–Crippen MR) is 136 cm³/mol. The minimum absolute atomic E-state index is 0.371. The third-order valence-electron chi connectivity index (χ3n) is 5.84. The lowest BCUT2D eigenvalue weighted by Gasteiger charge is -2.32. The van der Waals surface area contributed by atoms with Gasteiger partial charge in [0.1, 0.15) is 5.84 Å². The molecule has 0 spiro atoms. The number of aliphatic imine (C=N–C) groups is 1. The Bertz CT molecular complexity index is 964. The van der Waals surface area contributed by atoms with Crippen molar-refractivity contribution in [3.05, 3.63) is 83.2 Å². The number of nitrogens with zero attached hydrogens (tertiary/aromatic N) is 3. The van der Waals surface area contributed by atoms with E-state index in [1.807, 2.05) is 30.2 Å². The Balaban J connectivity index is 1.73. The molecule has 170 valence electrons. The van der Waals surface area contributed by atoms with Crippen molar-refractivity contribution in [2.45, 2.75) is 39.7 Å². The van der Waals surface area contributed by atoms with Gasteiger partial charge in [-0.2, -0.15) is 0 Å². The molecule has 0 radical (unpaired) electrons. The van der Waals surface area contributed by atoms with Crippen LogP contribution in [0, 0.1) is 6.92 Å². The van der Waals surface area contributed by atoms with Crippen LogP contribution in [0.2, 0.25) is 0 Å². The van der Waals surface area contributed by atoms with E-state index in [-0.39, 0.29) is 0 Å². The number of rotatable bonds is 8. The minimum atomic E-state index is -0.462. The van der Waals surface area contributed by atoms with Gasteiger partial charge in [0, 0.05) is 6.54 Å². The van der Waals surface area contributed by atoms with Gasteiger partial charge in [-0.05, 0) is 81.6 Å². The molecule has 0 aromatic heterocycles. The van der Waals surface area contributed by atoms with Crippen LogP contribution in [0.25, 0.3) is 12.2 Å². The molecule has 32 heavy (non-hydrogen) atoms. The summed E-state index contributed by atoms with van der Waals surface area (Å²) in [4.78, 5) is 6.91. The second-order valence-corrected chi connectivity index (χ2v) is 8.50. The third-order valence-corrected chi connectivity index (χ3v) is 5.84. The summed E-state index contributed by atoms with van der Waals surface area (Å²) in [5.41, 5.74) is 9.72. The smallest absolute Gasteiger partial charge is 0.140 e. The molecule has 2 N–H and O–H groups in total. The molecule has 1 aromatic rings. The normalized spacial score (nSPS) is 20.1. The SMILES string of the molecule is C=Cc1ccc(C)cc1/C=C(C)/C(=C/C)N1NC(=NCC(O)CN2CCCC2)C=CC1=C. The molecule has 3 rings (SSSR count). The molecule has 1 saturated heterocycles. The number of hydrazine groups is 1. The number of aliphatic hydroxyl groups excluding tert-OH is 1. The van der Waals surface area contributed by atoms with Crippen LogP contribution in [0.3, 0.4) is 0 Å². The van der Waals surface area contributed by atoms with E-state index >= 15 is 0 Å². The molecule has 1 atom stereocenters. The van der Waals surface area contributed by atoms with Crippen LogP contribution in [0.15, 0.2) is 71.5 Å². The Morgan fingerprint density at radius 3 is 2.69 bits per heavy atom. The van der Waals surface area contributed by atoms with Crippen LogP contribution in [0.1, 0.15) is 43.4 Å². The Labute approximate surface area is 192 Å². The number of aryl methyl sites for hydroxylation is 1. The van der Waals surface area contributed by atoms with E-state index in [9.17, 15) is 5.11 Å². The van der Waals surface area contributed by atoms with Crippen molar-refractivity contribution in [2.75, 3.05) is 26.2 Å². The number of amidine groups is 1. The molecule has 2 heterocycles. The average molecular weight is 433 g/mol. The number of likely N-dealkylation sites (tertiary alicyclic amines) is 1. The van der Waals surface area contributed by atoms with Crippen LogP contribution < -0.4 is 5.43 Å². The largest absolute Gasteiger partial charge is 0.390 e. The van der Waals surface area contributed by atoms with Gasteiger partial charge in [-0.3, -0.25) is 15.4 Å². The molecule has 1 unspecified atom stereocenters. The number of hydrogen-bond donors (Lipinski definition) is 2. The van der Waals surface area contributed by atoms with Crippen molar-refractivity contribution in [3.63, 3.8) is 0 Å². The Morgan fingerprint density at radius 2 is 2.00 bits per heavy atom. The highest BCUT2D eigenvalue weighted by atomic mass is 16.3. The zero-order valence-corrected chi connectivity index (χ0v) is 19.6. The van der Waals surface area contributed by atoms with Gasteiger partial charge in [-0.25, -0.2) is 0 Å². The van der Waals surface area contributed by atoms with E-state index < -0.39 is 6.10 Å². The van der Waals surface area contributed by atoms with E-state index in [0.717, 1.165) is 41.2 Å². The average Bonchev–Trinajstić information content (AvgIpc) is 3.27. The van der Waals surface area contributed by atoms with Crippen molar-refractivity contribution in [2.24, 2.45) is 4.99 Å². The summed E-state index contributed by atoms with van der Waals surface area (Å²) in [6.45, 7) is 17.5. The molecule has 5 nitrogen and oxygen atoms in total. The molecular formula is C27H36N4O. The number of aliphatic hydroxyl groups is 1. The van der Waals surface area contributed by atoms with Crippen molar-refractivity contribution >= 4 is 18.0 Å². The van der Waals surface area contributed by atoms with Gasteiger partial charge in [0.25, 0.3) is 0 Å². The molecule has 2 aliphatic rings. The van der Waals surface area contributed by atoms with E-state index in [1.54, 1.807) is 0 Å². The lowest BCUT2D eigenvalue weighted by molar-refractivity contribution is 0.132. The Kier molecular flexibility index (Phi) is 8.26. The highest BCUT2D eigenvalue weighted by molar-refractivity contribution is 5.94. The van der Waals surface area contributed by atoms with E-state index in [1.165, 1.54) is 18.4 Å². The number of nitrogens with one attached hydrogen (secondary N) is 1. The summed E-state index contributed by atoms with van der Waals surface area (Å²) < 4.78 is 0. The molecule has 2 aliphatic heterocycles. The number of β-amino-alcohol motifs (C(OH)–C–C–N with tert-alkyl or cyclic N) is 1. The van der Waals surface area contributed by atoms with Gasteiger partial charge in [0.05, 0.1) is 24.0 Å². The van der Waals surface area contributed by atoms with Crippen molar-refractivity contribution in [1.82, 2.24) is 15.3 Å². The molecule has 0 amide bonds. The maximum absolute atomic E-state index is 10.4. The van der Waals surface area contributed by atoms with Crippen LogP contribution in [0.4, 0.5) is 0 Å². The summed E-state index contributed by atoms with van der Waals surface area (Å²) >= 11 is 0. The van der Waals surface area contributed by atoms with Crippen LogP contribution in [0.5, 0.6) is 0 Å². The first-order valence-electron chi connectivity index (χ1n) is 11.4. The summed E-state index contributed by atoms with van der Waals surface area (Å²) in [5, 5.41) is 12.3. The molecule has 1 aromatic carbocycles. The maximum Gasteiger partial charge on any atom is 0.140 e. The van der Waals surface area contributed by atoms with Gasteiger partial charge in [0.15, 0.2) is 0 Å². The predicted octanol–water partition coefficient (Wildman–Crippen LogP) is 4.69. The molecule has 0 saturated carbocycles. The van der Waals surface area contributed by atoms with Gasteiger partial charge < -0.3 is 10.0 Å². The molecular weight excluding hydrogens is 396 g/mol. The zero-order chi connectivity index (χ0) is 23.1. The first-order chi connectivity index (χ1) is 15.4. The summed E-state index contributed by atoms with van der Waals surface area (Å²) in [6.07, 6.45) is 11.9. The quantitative estimate of drug-likeness (QED) is 0.585. The van der Waals surface area contributed by atoms with E-state index in [0.29, 0.717) is 18.9 Å². The molecule has 0 aliphatic carbocycles. The van der Waals surface area contributed by atoms with Gasteiger partial charge in [-0.1, -0.05) is 49.1 Å². The minimum Gasteiger partial charge on any atom is -0.390 e. The number of allylic oxidation sites excluding steroid dienone is 3. The highest BCUT2D eigenvalue weighted by Gasteiger charge is 2.19. The summed E-state index contributed by atoms with van der Waals surface area (Å²) in [6, 6.07) is 6.36. The van der Waals surface area contributed by atoms with Crippen LogP contribution in [-0.2, 0) is 0 Å². The fraction of sp³-hybridized carbons (Fsp3) is 0.370. The first-order valence-corrected chi connectivity index (χ1v) is 11.4.